The zero-order valence-electron chi connectivity index (χ0n) is 13.0. The lowest BCUT2D eigenvalue weighted by molar-refractivity contribution is 0.0914. The molecule has 2 aromatic rings. The van der Waals surface area contributed by atoms with Crippen LogP contribution in [0.15, 0.2) is 36.5 Å². The maximum atomic E-state index is 12.5. The lowest BCUT2D eigenvalue weighted by atomic mass is 9.94. The number of aromatic nitrogens is 2. The lowest BCUT2D eigenvalue weighted by Crippen LogP contribution is -2.50. The number of carbonyl (C=O) groups excluding carboxylic acids is 1. The number of amides is 1. The van der Waals surface area contributed by atoms with Crippen molar-refractivity contribution in [2.45, 2.75) is 26.3 Å². The van der Waals surface area contributed by atoms with E-state index in [1.54, 1.807) is 10.9 Å². The summed E-state index contributed by atoms with van der Waals surface area (Å²) in [6.07, 6.45) is 2.74. The molecule has 1 amide bonds. The first-order chi connectivity index (χ1) is 10.7. The van der Waals surface area contributed by atoms with Gasteiger partial charge in [0.05, 0.1) is 23.1 Å². The van der Waals surface area contributed by atoms with E-state index in [0.717, 1.165) is 30.9 Å². The standard InChI is InChI=1S/C17H22N4O/c1-12-8-9-18-11-16(12)20-17(22)15-10-19-21(13(15)2)14-6-4-3-5-7-14/h3-7,10,12,16,18H,8-9,11H2,1-2H3,(H,20,22). The van der Waals surface area contributed by atoms with Crippen LogP contribution in [-0.2, 0) is 0 Å². The molecule has 1 saturated heterocycles. The smallest absolute Gasteiger partial charge is 0.255 e. The number of para-hydroxylation sites is 1. The first kappa shape index (κ1) is 14.8. The number of carbonyl (C=O) groups is 1. The van der Waals surface area contributed by atoms with E-state index in [1.807, 2.05) is 37.3 Å². The molecule has 0 saturated carbocycles. The van der Waals surface area contributed by atoms with Gasteiger partial charge in [0.25, 0.3) is 5.91 Å². The fourth-order valence-corrected chi connectivity index (χ4v) is 2.89. The highest BCUT2D eigenvalue weighted by Gasteiger charge is 2.24. The lowest BCUT2D eigenvalue weighted by Gasteiger charge is -2.30. The molecule has 1 aromatic heterocycles. The van der Waals surface area contributed by atoms with Crippen LogP contribution in [0.1, 0.15) is 29.4 Å². The van der Waals surface area contributed by atoms with Gasteiger partial charge in [-0.05, 0) is 37.9 Å². The molecule has 0 radical (unpaired) electrons. The second-order valence-electron chi connectivity index (χ2n) is 5.94. The first-order valence-electron chi connectivity index (χ1n) is 7.78. The van der Waals surface area contributed by atoms with E-state index in [9.17, 15) is 4.79 Å². The number of rotatable bonds is 3. The number of nitrogens with one attached hydrogen (secondary N) is 2. The quantitative estimate of drug-likeness (QED) is 0.910. The molecule has 0 spiro atoms. The van der Waals surface area contributed by atoms with Gasteiger partial charge in [0, 0.05) is 12.6 Å². The Morgan fingerprint density at radius 1 is 1.36 bits per heavy atom. The molecule has 1 aliphatic heterocycles. The molecule has 3 rings (SSSR count). The topological polar surface area (TPSA) is 59.0 Å². The van der Waals surface area contributed by atoms with E-state index in [-0.39, 0.29) is 11.9 Å². The SMILES string of the molecule is Cc1c(C(=O)NC2CNCCC2C)cnn1-c1ccccc1. The Kier molecular flexibility index (Phi) is 4.24. The Morgan fingerprint density at radius 3 is 2.86 bits per heavy atom. The summed E-state index contributed by atoms with van der Waals surface area (Å²) in [5, 5.41) is 10.8. The van der Waals surface area contributed by atoms with E-state index in [0.29, 0.717) is 11.5 Å². The van der Waals surface area contributed by atoms with Gasteiger partial charge in [-0.15, -0.1) is 0 Å². The molecular weight excluding hydrogens is 276 g/mol. The van der Waals surface area contributed by atoms with E-state index in [2.05, 4.69) is 22.7 Å². The number of hydrogen-bond donors (Lipinski definition) is 2. The summed E-state index contributed by atoms with van der Waals surface area (Å²) in [7, 11) is 0. The van der Waals surface area contributed by atoms with Crippen molar-refractivity contribution in [2.24, 2.45) is 5.92 Å². The third-order valence-electron chi connectivity index (χ3n) is 4.40. The monoisotopic (exact) mass is 298 g/mol. The average Bonchev–Trinajstić information content (AvgIpc) is 2.92. The summed E-state index contributed by atoms with van der Waals surface area (Å²) in [6.45, 7) is 5.97. The normalized spacial score (nSPS) is 21.5. The third-order valence-corrected chi connectivity index (χ3v) is 4.40. The molecule has 2 unspecified atom stereocenters. The maximum Gasteiger partial charge on any atom is 0.255 e. The van der Waals surface area contributed by atoms with Crippen molar-refractivity contribution < 1.29 is 4.79 Å². The van der Waals surface area contributed by atoms with Crippen LogP contribution in [0.25, 0.3) is 5.69 Å². The molecule has 0 bridgehead atoms. The molecular formula is C17H22N4O. The Labute approximate surface area is 130 Å². The summed E-state index contributed by atoms with van der Waals surface area (Å²) >= 11 is 0. The minimum absolute atomic E-state index is 0.0415. The third kappa shape index (κ3) is 2.90. The van der Waals surface area contributed by atoms with E-state index < -0.39 is 0 Å². The summed E-state index contributed by atoms with van der Waals surface area (Å²) in [4.78, 5) is 12.5. The van der Waals surface area contributed by atoms with Crippen LogP contribution in [0, 0.1) is 12.8 Å². The largest absolute Gasteiger partial charge is 0.348 e. The van der Waals surface area contributed by atoms with E-state index >= 15 is 0 Å². The fourth-order valence-electron chi connectivity index (χ4n) is 2.89. The van der Waals surface area contributed by atoms with Gasteiger partial charge < -0.3 is 10.6 Å². The molecule has 0 aliphatic carbocycles. The molecule has 2 N–H and O–H groups in total. The van der Waals surface area contributed by atoms with Crippen molar-refractivity contribution in [2.75, 3.05) is 13.1 Å². The predicted molar refractivity (Wildman–Crippen MR) is 86.2 cm³/mol. The summed E-state index contributed by atoms with van der Waals surface area (Å²) in [5.41, 5.74) is 2.47. The molecule has 116 valence electrons. The Hall–Kier alpha value is -2.14. The molecule has 1 fully saturated rings. The van der Waals surface area contributed by atoms with Crippen LogP contribution in [-0.4, -0.2) is 34.8 Å². The molecule has 5 nitrogen and oxygen atoms in total. The van der Waals surface area contributed by atoms with Crippen LogP contribution in [0.4, 0.5) is 0 Å². The van der Waals surface area contributed by atoms with E-state index in [1.165, 1.54) is 0 Å². The van der Waals surface area contributed by atoms with Crippen molar-refractivity contribution >= 4 is 5.91 Å². The Bertz CT molecular complexity index is 650. The Morgan fingerprint density at radius 2 is 2.14 bits per heavy atom. The van der Waals surface area contributed by atoms with Crippen molar-refractivity contribution in [1.29, 1.82) is 0 Å². The number of piperidine rings is 1. The number of nitrogens with zero attached hydrogens (tertiary/aromatic N) is 2. The van der Waals surface area contributed by atoms with Gasteiger partial charge in [-0.3, -0.25) is 4.79 Å². The van der Waals surface area contributed by atoms with E-state index in [4.69, 9.17) is 0 Å². The van der Waals surface area contributed by atoms with Crippen molar-refractivity contribution in [3.05, 3.63) is 47.8 Å². The minimum Gasteiger partial charge on any atom is -0.348 e. The summed E-state index contributed by atoms with van der Waals surface area (Å²) in [5.74, 6) is 0.454. The molecule has 1 aromatic carbocycles. The molecule has 2 atom stereocenters. The fraction of sp³-hybridized carbons (Fsp3) is 0.412. The second-order valence-corrected chi connectivity index (χ2v) is 5.94. The maximum absolute atomic E-state index is 12.5. The van der Waals surface area contributed by atoms with Gasteiger partial charge in [0.1, 0.15) is 0 Å². The van der Waals surface area contributed by atoms with Crippen LogP contribution in [0.3, 0.4) is 0 Å². The highest BCUT2D eigenvalue weighted by Crippen LogP contribution is 2.16. The van der Waals surface area contributed by atoms with Gasteiger partial charge in [0.2, 0.25) is 0 Å². The number of benzene rings is 1. The molecule has 1 aliphatic rings. The van der Waals surface area contributed by atoms with Crippen LogP contribution < -0.4 is 10.6 Å². The average molecular weight is 298 g/mol. The van der Waals surface area contributed by atoms with Crippen LogP contribution in [0.2, 0.25) is 0 Å². The van der Waals surface area contributed by atoms with Gasteiger partial charge >= 0.3 is 0 Å². The zero-order valence-corrected chi connectivity index (χ0v) is 13.0. The summed E-state index contributed by atoms with van der Waals surface area (Å²) < 4.78 is 1.80. The van der Waals surface area contributed by atoms with Crippen molar-refractivity contribution in [1.82, 2.24) is 20.4 Å². The van der Waals surface area contributed by atoms with Gasteiger partial charge in [0.15, 0.2) is 0 Å². The number of hydrogen-bond acceptors (Lipinski definition) is 3. The second kappa shape index (κ2) is 6.32. The van der Waals surface area contributed by atoms with Crippen LogP contribution in [0.5, 0.6) is 0 Å². The van der Waals surface area contributed by atoms with Gasteiger partial charge in [-0.1, -0.05) is 25.1 Å². The molecule has 2 heterocycles. The van der Waals surface area contributed by atoms with Gasteiger partial charge in [-0.2, -0.15) is 5.10 Å². The highest BCUT2D eigenvalue weighted by molar-refractivity contribution is 5.95. The summed E-state index contributed by atoms with van der Waals surface area (Å²) in [6, 6.07) is 10.0. The minimum atomic E-state index is -0.0415. The highest BCUT2D eigenvalue weighted by atomic mass is 16.1. The Balaban J connectivity index is 1.78. The first-order valence-corrected chi connectivity index (χ1v) is 7.78. The molecule has 22 heavy (non-hydrogen) atoms. The van der Waals surface area contributed by atoms with Gasteiger partial charge in [-0.25, -0.2) is 4.68 Å². The predicted octanol–water partition coefficient (Wildman–Crippen LogP) is 1.91. The van der Waals surface area contributed by atoms with Crippen LogP contribution >= 0.6 is 0 Å². The zero-order chi connectivity index (χ0) is 15.5. The molecule has 5 heteroatoms. The van der Waals surface area contributed by atoms with Crippen molar-refractivity contribution in [3.63, 3.8) is 0 Å². The van der Waals surface area contributed by atoms with Crippen molar-refractivity contribution in [3.8, 4) is 5.69 Å².